The molecule has 0 aromatic heterocycles. The molecule has 92 valence electrons. The lowest BCUT2D eigenvalue weighted by molar-refractivity contribution is 0.0773. The number of rotatable bonds is 4. The normalized spacial score (nSPS) is 10.0. The van der Waals surface area contributed by atoms with Crippen LogP contribution < -0.4 is 11.5 Å². The van der Waals surface area contributed by atoms with Crippen LogP contribution >= 0.6 is 0 Å². The van der Waals surface area contributed by atoms with Gasteiger partial charge >= 0.3 is 0 Å². The number of anilines is 1. The highest BCUT2D eigenvalue weighted by atomic mass is 16.2. The average Bonchev–Trinajstić information content (AvgIpc) is 2.29. The standard InChI is InChI=1S/C12H17N3O2/c1-3-15(4-2)12(17)9-5-8(11(14)16)6-10(13)7-9/h5-7H,3-4,13H2,1-2H3,(H2,14,16). The Morgan fingerprint density at radius 2 is 1.65 bits per heavy atom. The Hall–Kier alpha value is -2.04. The number of carbonyl (C=O) groups excluding carboxylic acids is 2. The fraction of sp³-hybridized carbons (Fsp3) is 0.333. The molecule has 0 saturated heterocycles. The number of carbonyl (C=O) groups is 2. The molecule has 0 bridgehead atoms. The third kappa shape index (κ3) is 2.96. The second-order valence-electron chi connectivity index (χ2n) is 3.69. The highest BCUT2D eigenvalue weighted by Crippen LogP contribution is 2.14. The van der Waals surface area contributed by atoms with Crippen LogP contribution in [0.4, 0.5) is 5.69 Å². The third-order valence-corrected chi connectivity index (χ3v) is 2.54. The van der Waals surface area contributed by atoms with E-state index in [1.54, 1.807) is 11.0 Å². The summed E-state index contributed by atoms with van der Waals surface area (Å²) in [5, 5.41) is 0. The third-order valence-electron chi connectivity index (χ3n) is 2.54. The van der Waals surface area contributed by atoms with E-state index in [1.165, 1.54) is 12.1 Å². The molecule has 5 heteroatoms. The van der Waals surface area contributed by atoms with Gasteiger partial charge in [0.1, 0.15) is 0 Å². The van der Waals surface area contributed by atoms with Crippen LogP contribution in [0.3, 0.4) is 0 Å². The number of hydrogen-bond acceptors (Lipinski definition) is 3. The molecule has 4 N–H and O–H groups in total. The first kappa shape index (κ1) is 13.0. The van der Waals surface area contributed by atoms with Crippen molar-refractivity contribution < 1.29 is 9.59 Å². The van der Waals surface area contributed by atoms with Gasteiger partial charge in [0, 0.05) is 29.9 Å². The zero-order chi connectivity index (χ0) is 13.0. The Bertz CT molecular complexity index is 439. The Morgan fingerprint density at radius 1 is 1.12 bits per heavy atom. The molecule has 0 fully saturated rings. The van der Waals surface area contributed by atoms with Crippen molar-refractivity contribution in [3.8, 4) is 0 Å². The van der Waals surface area contributed by atoms with Crippen LogP contribution in [-0.2, 0) is 0 Å². The van der Waals surface area contributed by atoms with E-state index in [9.17, 15) is 9.59 Å². The quantitative estimate of drug-likeness (QED) is 0.758. The molecule has 0 aliphatic rings. The molecule has 0 aliphatic carbocycles. The molecule has 1 aromatic rings. The highest BCUT2D eigenvalue weighted by molar-refractivity contribution is 6.00. The number of hydrogen-bond donors (Lipinski definition) is 2. The summed E-state index contributed by atoms with van der Waals surface area (Å²) < 4.78 is 0. The van der Waals surface area contributed by atoms with Crippen LogP contribution in [-0.4, -0.2) is 29.8 Å². The molecule has 0 atom stereocenters. The molecule has 17 heavy (non-hydrogen) atoms. The van der Waals surface area contributed by atoms with Crippen molar-refractivity contribution in [3.05, 3.63) is 29.3 Å². The molecule has 0 saturated carbocycles. The van der Waals surface area contributed by atoms with E-state index < -0.39 is 5.91 Å². The monoisotopic (exact) mass is 235 g/mol. The maximum absolute atomic E-state index is 12.1. The van der Waals surface area contributed by atoms with Gasteiger partial charge in [-0.2, -0.15) is 0 Å². The van der Waals surface area contributed by atoms with Crippen molar-refractivity contribution in [1.82, 2.24) is 4.90 Å². The first-order valence-corrected chi connectivity index (χ1v) is 5.49. The van der Waals surface area contributed by atoms with Gasteiger partial charge in [-0.3, -0.25) is 9.59 Å². The molecule has 0 heterocycles. The van der Waals surface area contributed by atoms with Gasteiger partial charge in [0.15, 0.2) is 0 Å². The molecule has 1 rings (SSSR count). The Balaban J connectivity index is 3.13. The van der Waals surface area contributed by atoms with E-state index in [0.717, 1.165) is 0 Å². The van der Waals surface area contributed by atoms with Gasteiger partial charge in [-0.05, 0) is 32.0 Å². The molecule has 0 aliphatic heterocycles. The van der Waals surface area contributed by atoms with E-state index >= 15 is 0 Å². The van der Waals surface area contributed by atoms with Crippen molar-refractivity contribution in [3.63, 3.8) is 0 Å². The zero-order valence-corrected chi connectivity index (χ0v) is 10.1. The summed E-state index contributed by atoms with van der Waals surface area (Å²) in [4.78, 5) is 24.8. The Morgan fingerprint density at radius 3 is 2.12 bits per heavy atom. The lowest BCUT2D eigenvalue weighted by Gasteiger charge is -2.19. The van der Waals surface area contributed by atoms with E-state index in [0.29, 0.717) is 24.3 Å². The average molecular weight is 235 g/mol. The number of benzene rings is 1. The second kappa shape index (κ2) is 5.34. The fourth-order valence-electron chi connectivity index (χ4n) is 1.61. The number of amides is 2. The molecule has 1 aromatic carbocycles. The molecule has 0 unspecified atom stereocenters. The van der Waals surface area contributed by atoms with Gasteiger partial charge < -0.3 is 16.4 Å². The van der Waals surface area contributed by atoms with Crippen LogP contribution in [0.5, 0.6) is 0 Å². The predicted octanol–water partition coefficient (Wildman–Crippen LogP) is 0.850. The molecule has 0 spiro atoms. The summed E-state index contributed by atoms with van der Waals surface area (Å²) in [6.45, 7) is 5.00. The van der Waals surface area contributed by atoms with Gasteiger partial charge in [0.05, 0.1) is 0 Å². The number of nitrogens with two attached hydrogens (primary N) is 2. The minimum Gasteiger partial charge on any atom is -0.399 e. The first-order valence-electron chi connectivity index (χ1n) is 5.49. The summed E-state index contributed by atoms with van der Waals surface area (Å²) in [5.41, 5.74) is 11.8. The lowest BCUT2D eigenvalue weighted by Crippen LogP contribution is -2.30. The molecule has 2 amide bonds. The number of nitrogens with zero attached hydrogens (tertiary/aromatic N) is 1. The smallest absolute Gasteiger partial charge is 0.253 e. The van der Waals surface area contributed by atoms with Crippen molar-refractivity contribution in [2.75, 3.05) is 18.8 Å². The van der Waals surface area contributed by atoms with Crippen molar-refractivity contribution in [2.24, 2.45) is 5.73 Å². The van der Waals surface area contributed by atoms with Crippen molar-refractivity contribution in [1.29, 1.82) is 0 Å². The Labute approximate surface area is 100 Å². The van der Waals surface area contributed by atoms with Crippen molar-refractivity contribution >= 4 is 17.5 Å². The summed E-state index contributed by atoms with van der Waals surface area (Å²) in [6.07, 6.45) is 0. The van der Waals surface area contributed by atoms with E-state index in [1.807, 2.05) is 13.8 Å². The summed E-state index contributed by atoms with van der Waals surface area (Å²) >= 11 is 0. The molecule has 0 radical (unpaired) electrons. The maximum atomic E-state index is 12.1. The molecular formula is C12H17N3O2. The van der Waals surface area contributed by atoms with Crippen LogP contribution in [0.1, 0.15) is 34.6 Å². The topological polar surface area (TPSA) is 89.4 Å². The minimum atomic E-state index is -0.592. The summed E-state index contributed by atoms with van der Waals surface area (Å²) in [5.74, 6) is -0.740. The van der Waals surface area contributed by atoms with Gasteiger partial charge in [-0.15, -0.1) is 0 Å². The number of nitrogen functional groups attached to an aromatic ring is 1. The minimum absolute atomic E-state index is 0.148. The fourth-order valence-corrected chi connectivity index (χ4v) is 1.61. The van der Waals surface area contributed by atoms with Crippen LogP contribution in [0, 0.1) is 0 Å². The maximum Gasteiger partial charge on any atom is 0.253 e. The van der Waals surface area contributed by atoms with E-state index in [2.05, 4.69) is 0 Å². The first-order chi connectivity index (χ1) is 7.99. The lowest BCUT2D eigenvalue weighted by atomic mass is 10.1. The van der Waals surface area contributed by atoms with Gasteiger partial charge in [-0.1, -0.05) is 0 Å². The molecule has 5 nitrogen and oxygen atoms in total. The van der Waals surface area contributed by atoms with Crippen molar-refractivity contribution in [2.45, 2.75) is 13.8 Å². The Kier molecular flexibility index (Phi) is 4.09. The van der Waals surface area contributed by atoms with Gasteiger partial charge in [0.2, 0.25) is 5.91 Å². The summed E-state index contributed by atoms with van der Waals surface area (Å²) in [6, 6.07) is 4.48. The van der Waals surface area contributed by atoms with Crippen LogP contribution in [0.15, 0.2) is 18.2 Å². The largest absolute Gasteiger partial charge is 0.399 e. The number of primary amides is 1. The van der Waals surface area contributed by atoms with Crippen LogP contribution in [0.25, 0.3) is 0 Å². The van der Waals surface area contributed by atoms with Gasteiger partial charge in [0.25, 0.3) is 5.91 Å². The van der Waals surface area contributed by atoms with Gasteiger partial charge in [-0.25, -0.2) is 0 Å². The summed E-state index contributed by atoms with van der Waals surface area (Å²) in [7, 11) is 0. The van der Waals surface area contributed by atoms with E-state index in [4.69, 9.17) is 11.5 Å². The van der Waals surface area contributed by atoms with Crippen LogP contribution in [0.2, 0.25) is 0 Å². The molecular weight excluding hydrogens is 218 g/mol. The van der Waals surface area contributed by atoms with E-state index in [-0.39, 0.29) is 11.5 Å². The SMILES string of the molecule is CCN(CC)C(=O)c1cc(N)cc(C(N)=O)c1. The second-order valence-corrected chi connectivity index (χ2v) is 3.69. The zero-order valence-electron chi connectivity index (χ0n) is 10.1. The highest BCUT2D eigenvalue weighted by Gasteiger charge is 2.14. The predicted molar refractivity (Wildman–Crippen MR) is 66.6 cm³/mol.